The van der Waals surface area contributed by atoms with Crippen molar-refractivity contribution < 1.29 is 14.8 Å². The lowest BCUT2D eigenvalue weighted by molar-refractivity contribution is -0.385. The van der Waals surface area contributed by atoms with Gasteiger partial charge in [0.1, 0.15) is 0 Å². The Hall–Kier alpha value is -1.47. The number of nitrogens with zero attached hydrogens (tertiary/aromatic N) is 2. The monoisotopic (exact) mass is 354 g/mol. The highest BCUT2D eigenvalue weighted by molar-refractivity contribution is 9.10. The van der Waals surface area contributed by atoms with E-state index < -0.39 is 5.97 Å². The Morgan fingerprint density at radius 3 is 2.86 bits per heavy atom. The Morgan fingerprint density at radius 2 is 2.24 bits per heavy atom. The lowest BCUT2D eigenvalue weighted by atomic mass is 9.89. The number of nitro benzene ring substituents is 1. The van der Waals surface area contributed by atoms with Gasteiger partial charge in [-0.2, -0.15) is 0 Å². The average molecular weight is 355 g/mol. The summed E-state index contributed by atoms with van der Waals surface area (Å²) in [5.41, 5.74) is 0.730. The molecule has 0 aliphatic carbocycles. The molecule has 2 fully saturated rings. The van der Waals surface area contributed by atoms with Crippen molar-refractivity contribution in [3.63, 3.8) is 0 Å². The van der Waals surface area contributed by atoms with Crippen LogP contribution in [0.5, 0.6) is 0 Å². The van der Waals surface area contributed by atoms with Gasteiger partial charge in [0, 0.05) is 34.7 Å². The molecule has 1 aromatic carbocycles. The Kier molecular flexibility index (Phi) is 3.71. The minimum atomic E-state index is -0.752. The predicted octanol–water partition coefficient (Wildman–Crippen LogP) is 2.79. The highest BCUT2D eigenvalue weighted by Gasteiger charge is 2.49. The Balaban J connectivity index is 1.85. The zero-order valence-corrected chi connectivity index (χ0v) is 12.8. The summed E-state index contributed by atoms with van der Waals surface area (Å²) in [5.74, 6) is -1.09. The summed E-state index contributed by atoms with van der Waals surface area (Å²) in [7, 11) is 0. The molecule has 2 bridgehead atoms. The van der Waals surface area contributed by atoms with Gasteiger partial charge < -0.3 is 5.11 Å². The van der Waals surface area contributed by atoms with Crippen LogP contribution in [0.15, 0.2) is 22.7 Å². The summed E-state index contributed by atoms with van der Waals surface area (Å²) < 4.78 is 0.672. The van der Waals surface area contributed by atoms with E-state index in [9.17, 15) is 20.0 Å². The minimum absolute atomic E-state index is 0.00995. The van der Waals surface area contributed by atoms with Crippen molar-refractivity contribution in [3.05, 3.63) is 38.3 Å². The molecule has 6 nitrogen and oxygen atoms in total. The topological polar surface area (TPSA) is 83.7 Å². The summed E-state index contributed by atoms with van der Waals surface area (Å²) in [6, 6.07) is 5.28. The molecule has 3 rings (SSSR count). The third kappa shape index (κ3) is 2.55. The van der Waals surface area contributed by atoms with Gasteiger partial charge in [-0.15, -0.1) is 0 Å². The standard InChI is InChI=1S/C14H15BrN2O4/c15-9-2-1-8(13(5-9)17(20)21)7-16-10-3-4-12(16)11(6-10)14(18)19/h1-2,5,10-12H,3-4,6-7H2,(H,18,19). The SMILES string of the molecule is O=C(O)C1CC2CCC1N2Cc1ccc(Br)cc1[N+](=O)[O-]. The number of carbonyl (C=O) groups is 1. The number of rotatable bonds is 4. The molecule has 0 amide bonds. The smallest absolute Gasteiger partial charge is 0.308 e. The fourth-order valence-electron chi connectivity index (χ4n) is 3.65. The first kappa shape index (κ1) is 14.5. The molecule has 3 unspecified atom stereocenters. The van der Waals surface area contributed by atoms with Crippen LogP contribution in [-0.2, 0) is 11.3 Å². The maximum atomic E-state index is 11.3. The van der Waals surface area contributed by atoms with Crippen LogP contribution >= 0.6 is 15.9 Å². The van der Waals surface area contributed by atoms with Crippen LogP contribution in [-0.4, -0.2) is 33.0 Å². The number of fused-ring (bicyclic) bond motifs is 2. The van der Waals surface area contributed by atoms with Gasteiger partial charge in [0.15, 0.2) is 0 Å². The number of nitro groups is 1. The molecule has 1 N–H and O–H groups in total. The molecule has 0 saturated carbocycles. The maximum Gasteiger partial charge on any atom is 0.308 e. The second-order valence-electron chi connectivity index (χ2n) is 5.68. The van der Waals surface area contributed by atoms with E-state index in [1.54, 1.807) is 12.1 Å². The Bertz CT molecular complexity index is 607. The second-order valence-corrected chi connectivity index (χ2v) is 6.60. The number of carboxylic acid groups (broad SMARTS) is 1. The summed E-state index contributed by atoms with van der Waals surface area (Å²) in [5, 5.41) is 20.4. The summed E-state index contributed by atoms with van der Waals surface area (Å²) in [4.78, 5) is 24.2. The first-order valence-corrected chi connectivity index (χ1v) is 7.68. The zero-order valence-electron chi connectivity index (χ0n) is 11.2. The third-order valence-electron chi connectivity index (χ3n) is 4.60. The zero-order chi connectivity index (χ0) is 15.1. The van der Waals surface area contributed by atoms with Gasteiger partial charge in [-0.3, -0.25) is 19.8 Å². The number of benzene rings is 1. The van der Waals surface area contributed by atoms with Crippen molar-refractivity contribution in [2.45, 2.75) is 37.9 Å². The van der Waals surface area contributed by atoms with Crippen molar-refractivity contribution in [1.82, 2.24) is 4.90 Å². The van der Waals surface area contributed by atoms with Gasteiger partial charge in [-0.25, -0.2) is 0 Å². The van der Waals surface area contributed by atoms with E-state index in [2.05, 4.69) is 20.8 Å². The van der Waals surface area contributed by atoms with Gasteiger partial charge in [-0.1, -0.05) is 15.9 Å². The summed E-state index contributed by atoms with van der Waals surface area (Å²) >= 11 is 3.25. The third-order valence-corrected chi connectivity index (χ3v) is 5.09. The minimum Gasteiger partial charge on any atom is -0.481 e. The number of hydrogen-bond donors (Lipinski definition) is 1. The lowest BCUT2D eigenvalue weighted by Gasteiger charge is -2.22. The van der Waals surface area contributed by atoms with E-state index in [0.717, 1.165) is 12.8 Å². The van der Waals surface area contributed by atoms with Crippen LogP contribution in [0, 0.1) is 16.0 Å². The fraction of sp³-hybridized carbons (Fsp3) is 0.500. The molecular weight excluding hydrogens is 340 g/mol. The Morgan fingerprint density at radius 1 is 1.48 bits per heavy atom. The maximum absolute atomic E-state index is 11.3. The molecule has 2 aliphatic rings. The molecule has 0 spiro atoms. The Labute approximate surface area is 130 Å². The molecule has 3 atom stereocenters. The molecule has 0 radical (unpaired) electrons. The summed E-state index contributed by atoms with van der Waals surface area (Å²) in [6.45, 7) is 0.447. The van der Waals surface area contributed by atoms with Gasteiger partial charge in [0.2, 0.25) is 0 Å². The number of carboxylic acids is 1. The molecular formula is C14H15BrN2O4. The highest BCUT2D eigenvalue weighted by Crippen LogP contribution is 2.43. The normalized spacial score (nSPS) is 28.0. The first-order chi connectivity index (χ1) is 9.97. The van der Waals surface area contributed by atoms with Crippen molar-refractivity contribution >= 4 is 27.6 Å². The van der Waals surface area contributed by atoms with E-state index in [-0.39, 0.29) is 28.6 Å². The molecule has 112 valence electrons. The number of hydrogen-bond acceptors (Lipinski definition) is 4. The molecule has 7 heteroatoms. The van der Waals surface area contributed by atoms with Crippen LogP contribution in [0.2, 0.25) is 0 Å². The van der Waals surface area contributed by atoms with Crippen LogP contribution in [0.1, 0.15) is 24.8 Å². The molecule has 0 aromatic heterocycles. The number of aliphatic carboxylic acids is 1. The van der Waals surface area contributed by atoms with E-state index in [4.69, 9.17) is 0 Å². The van der Waals surface area contributed by atoms with Crippen LogP contribution in [0.3, 0.4) is 0 Å². The van der Waals surface area contributed by atoms with Crippen LogP contribution in [0.25, 0.3) is 0 Å². The largest absolute Gasteiger partial charge is 0.481 e. The van der Waals surface area contributed by atoms with Gasteiger partial charge in [0.05, 0.1) is 10.8 Å². The van der Waals surface area contributed by atoms with Crippen molar-refractivity contribution in [2.24, 2.45) is 5.92 Å². The molecule has 1 aromatic rings. The summed E-state index contributed by atoms with van der Waals surface area (Å²) in [6.07, 6.45) is 2.51. The van der Waals surface area contributed by atoms with E-state index >= 15 is 0 Å². The molecule has 21 heavy (non-hydrogen) atoms. The number of halogens is 1. The van der Waals surface area contributed by atoms with Crippen molar-refractivity contribution in [3.8, 4) is 0 Å². The predicted molar refractivity (Wildman–Crippen MR) is 78.9 cm³/mol. The fourth-order valence-corrected chi connectivity index (χ4v) is 4.00. The van der Waals surface area contributed by atoms with E-state index in [0.29, 0.717) is 23.0 Å². The van der Waals surface area contributed by atoms with Gasteiger partial charge in [-0.05, 0) is 31.4 Å². The van der Waals surface area contributed by atoms with Gasteiger partial charge in [0.25, 0.3) is 5.69 Å². The van der Waals surface area contributed by atoms with Crippen molar-refractivity contribution in [2.75, 3.05) is 0 Å². The van der Waals surface area contributed by atoms with Gasteiger partial charge >= 0.3 is 5.97 Å². The van der Waals surface area contributed by atoms with Crippen molar-refractivity contribution in [1.29, 1.82) is 0 Å². The second kappa shape index (κ2) is 5.38. The molecule has 2 aliphatic heterocycles. The van der Waals surface area contributed by atoms with Crippen LogP contribution in [0.4, 0.5) is 5.69 Å². The average Bonchev–Trinajstić information content (AvgIpc) is 2.97. The molecule has 2 saturated heterocycles. The first-order valence-electron chi connectivity index (χ1n) is 6.88. The highest BCUT2D eigenvalue weighted by atomic mass is 79.9. The van der Waals surface area contributed by atoms with E-state index in [1.807, 2.05) is 0 Å². The lowest BCUT2D eigenvalue weighted by Crippen LogP contribution is -2.32. The van der Waals surface area contributed by atoms with Crippen LogP contribution < -0.4 is 0 Å². The quantitative estimate of drug-likeness (QED) is 0.663. The van der Waals surface area contributed by atoms with E-state index in [1.165, 1.54) is 6.07 Å². The molecule has 2 heterocycles.